The Morgan fingerprint density at radius 2 is 2.08 bits per heavy atom. The lowest BCUT2D eigenvalue weighted by Crippen LogP contribution is -2.35. The SMILES string of the molecule is CCn1c(C2CCCCC2)nc2c3c(ccc21)CCN(C(=O)OC)C3. The van der Waals surface area contributed by atoms with Crippen LogP contribution in [0.25, 0.3) is 11.0 Å². The molecule has 25 heavy (non-hydrogen) atoms. The zero-order valence-corrected chi connectivity index (χ0v) is 15.3. The highest BCUT2D eigenvalue weighted by Crippen LogP contribution is 2.36. The molecule has 0 N–H and O–H groups in total. The molecule has 1 aromatic heterocycles. The van der Waals surface area contributed by atoms with E-state index in [1.54, 1.807) is 4.90 Å². The van der Waals surface area contributed by atoms with Crippen molar-refractivity contribution in [1.82, 2.24) is 14.5 Å². The van der Waals surface area contributed by atoms with E-state index in [0.29, 0.717) is 12.5 Å². The van der Waals surface area contributed by atoms with Crippen molar-refractivity contribution in [2.24, 2.45) is 0 Å². The Kier molecular flexibility index (Phi) is 4.40. The molecule has 2 aliphatic rings. The number of aromatic nitrogens is 2. The molecule has 1 fully saturated rings. The summed E-state index contributed by atoms with van der Waals surface area (Å²) in [6.45, 7) is 4.47. The number of hydrogen-bond donors (Lipinski definition) is 0. The maximum atomic E-state index is 12.0. The summed E-state index contributed by atoms with van der Waals surface area (Å²) in [4.78, 5) is 18.9. The van der Waals surface area contributed by atoms with Gasteiger partial charge in [0.1, 0.15) is 5.82 Å². The highest BCUT2D eigenvalue weighted by Gasteiger charge is 2.27. The van der Waals surface area contributed by atoms with Crippen molar-refractivity contribution in [2.45, 2.75) is 64.5 Å². The van der Waals surface area contributed by atoms with Crippen LogP contribution < -0.4 is 0 Å². The summed E-state index contributed by atoms with van der Waals surface area (Å²) in [6.07, 6.45) is 7.10. The van der Waals surface area contributed by atoms with Crippen LogP contribution in [0, 0.1) is 0 Å². The predicted octanol–water partition coefficient (Wildman–Crippen LogP) is 4.23. The van der Waals surface area contributed by atoms with Crippen LogP contribution in [0.2, 0.25) is 0 Å². The molecule has 5 nitrogen and oxygen atoms in total. The van der Waals surface area contributed by atoms with Crippen molar-refractivity contribution in [3.05, 3.63) is 29.1 Å². The van der Waals surface area contributed by atoms with E-state index in [1.807, 2.05) is 0 Å². The molecule has 0 atom stereocenters. The quantitative estimate of drug-likeness (QED) is 0.821. The number of aryl methyl sites for hydroxylation is 1. The van der Waals surface area contributed by atoms with Crippen LogP contribution in [0.1, 0.15) is 61.9 Å². The molecular weight excluding hydrogens is 314 g/mol. The van der Waals surface area contributed by atoms with Gasteiger partial charge in [0, 0.05) is 24.6 Å². The van der Waals surface area contributed by atoms with Gasteiger partial charge in [0.15, 0.2) is 0 Å². The maximum Gasteiger partial charge on any atom is 0.409 e. The third-order valence-electron chi connectivity index (χ3n) is 5.87. The zero-order valence-electron chi connectivity index (χ0n) is 15.3. The van der Waals surface area contributed by atoms with Gasteiger partial charge in [-0.15, -0.1) is 0 Å². The third kappa shape index (κ3) is 2.79. The summed E-state index contributed by atoms with van der Waals surface area (Å²) in [7, 11) is 1.45. The second-order valence-corrected chi connectivity index (χ2v) is 7.26. The Morgan fingerprint density at radius 1 is 1.28 bits per heavy atom. The van der Waals surface area contributed by atoms with Crippen molar-refractivity contribution in [3.63, 3.8) is 0 Å². The fraction of sp³-hybridized carbons (Fsp3) is 0.600. The largest absolute Gasteiger partial charge is 0.453 e. The molecule has 0 bridgehead atoms. The molecule has 134 valence electrons. The molecule has 1 amide bonds. The Morgan fingerprint density at radius 3 is 2.80 bits per heavy atom. The van der Waals surface area contributed by atoms with Gasteiger partial charge < -0.3 is 14.2 Å². The summed E-state index contributed by atoms with van der Waals surface area (Å²) < 4.78 is 7.31. The highest BCUT2D eigenvalue weighted by molar-refractivity contribution is 5.82. The van der Waals surface area contributed by atoms with E-state index < -0.39 is 0 Å². The Labute approximate surface area is 149 Å². The van der Waals surface area contributed by atoms with Gasteiger partial charge in [-0.2, -0.15) is 0 Å². The lowest BCUT2D eigenvalue weighted by atomic mass is 9.88. The number of amides is 1. The van der Waals surface area contributed by atoms with E-state index in [0.717, 1.165) is 25.0 Å². The van der Waals surface area contributed by atoms with Crippen LogP contribution in [0.5, 0.6) is 0 Å². The fourth-order valence-electron chi connectivity index (χ4n) is 4.53. The van der Waals surface area contributed by atoms with Gasteiger partial charge in [0.25, 0.3) is 0 Å². The van der Waals surface area contributed by atoms with Gasteiger partial charge in [-0.3, -0.25) is 0 Å². The van der Waals surface area contributed by atoms with E-state index in [9.17, 15) is 4.79 Å². The summed E-state index contributed by atoms with van der Waals surface area (Å²) in [5.41, 5.74) is 4.84. The van der Waals surface area contributed by atoms with E-state index in [-0.39, 0.29) is 6.09 Å². The third-order valence-corrected chi connectivity index (χ3v) is 5.87. The number of nitrogens with zero attached hydrogens (tertiary/aromatic N) is 3. The molecule has 0 spiro atoms. The second kappa shape index (κ2) is 6.70. The molecule has 1 aromatic carbocycles. The van der Waals surface area contributed by atoms with Gasteiger partial charge in [0.05, 0.1) is 24.7 Å². The number of imidazole rings is 1. The molecule has 1 saturated carbocycles. The predicted molar refractivity (Wildman–Crippen MR) is 97.8 cm³/mol. The van der Waals surface area contributed by atoms with Crippen molar-refractivity contribution in [1.29, 1.82) is 0 Å². The Hall–Kier alpha value is -2.04. The first-order valence-corrected chi connectivity index (χ1v) is 9.56. The van der Waals surface area contributed by atoms with E-state index in [1.165, 1.54) is 61.7 Å². The smallest absolute Gasteiger partial charge is 0.409 e. The lowest BCUT2D eigenvalue weighted by Gasteiger charge is -2.27. The Balaban J connectivity index is 1.79. The number of methoxy groups -OCH3 is 1. The first-order chi connectivity index (χ1) is 12.2. The van der Waals surface area contributed by atoms with Gasteiger partial charge in [-0.25, -0.2) is 9.78 Å². The summed E-state index contributed by atoms with van der Waals surface area (Å²) in [6, 6.07) is 4.45. The molecule has 0 radical (unpaired) electrons. The summed E-state index contributed by atoms with van der Waals surface area (Å²) in [5.74, 6) is 1.83. The number of carbonyl (C=O) groups excluding carboxylic acids is 1. The number of ether oxygens (including phenoxy) is 1. The molecule has 1 aliphatic carbocycles. The van der Waals surface area contributed by atoms with Crippen LogP contribution in [0.15, 0.2) is 12.1 Å². The molecule has 5 heteroatoms. The van der Waals surface area contributed by atoms with Crippen molar-refractivity contribution in [3.8, 4) is 0 Å². The van der Waals surface area contributed by atoms with Crippen LogP contribution in [-0.2, 0) is 24.2 Å². The number of benzene rings is 1. The number of hydrogen-bond acceptors (Lipinski definition) is 3. The number of fused-ring (bicyclic) bond motifs is 3. The zero-order chi connectivity index (χ0) is 17.4. The van der Waals surface area contributed by atoms with E-state index >= 15 is 0 Å². The van der Waals surface area contributed by atoms with Crippen LogP contribution in [0.3, 0.4) is 0 Å². The van der Waals surface area contributed by atoms with Crippen LogP contribution in [0.4, 0.5) is 4.79 Å². The van der Waals surface area contributed by atoms with Crippen molar-refractivity contribution >= 4 is 17.1 Å². The number of rotatable bonds is 2. The molecular formula is C20H27N3O2. The van der Waals surface area contributed by atoms with Crippen LogP contribution in [-0.4, -0.2) is 34.2 Å². The van der Waals surface area contributed by atoms with Gasteiger partial charge >= 0.3 is 6.09 Å². The highest BCUT2D eigenvalue weighted by atomic mass is 16.5. The molecule has 0 unspecified atom stereocenters. The van der Waals surface area contributed by atoms with Crippen molar-refractivity contribution in [2.75, 3.05) is 13.7 Å². The van der Waals surface area contributed by atoms with Gasteiger partial charge in [0.2, 0.25) is 0 Å². The lowest BCUT2D eigenvalue weighted by molar-refractivity contribution is 0.119. The first kappa shape index (κ1) is 16.4. The molecule has 1 aliphatic heterocycles. The van der Waals surface area contributed by atoms with E-state index in [4.69, 9.17) is 9.72 Å². The van der Waals surface area contributed by atoms with Crippen molar-refractivity contribution < 1.29 is 9.53 Å². The fourth-order valence-corrected chi connectivity index (χ4v) is 4.53. The molecule has 2 heterocycles. The normalized spacial score (nSPS) is 18.4. The Bertz CT molecular complexity index is 790. The molecule has 0 saturated heterocycles. The average Bonchev–Trinajstić information content (AvgIpc) is 3.06. The average molecular weight is 341 g/mol. The molecule has 4 rings (SSSR count). The van der Waals surface area contributed by atoms with Crippen LogP contribution >= 0.6 is 0 Å². The minimum atomic E-state index is -0.245. The topological polar surface area (TPSA) is 47.4 Å². The minimum absolute atomic E-state index is 0.245. The maximum absolute atomic E-state index is 12.0. The molecule has 2 aromatic rings. The van der Waals surface area contributed by atoms with E-state index in [2.05, 4.69) is 23.6 Å². The summed E-state index contributed by atoms with van der Waals surface area (Å²) >= 11 is 0. The second-order valence-electron chi connectivity index (χ2n) is 7.26. The van der Waals surface area contributed by atoms with Gasteiger partial charge in [-0.1, -0.05) is 25.3 Å². The monoisotopic (exact) mass is 341 g/mol. The summed E-state index contributed by atoms with van der Waals surface area (Å²) in [5, 5.41) is 0. The number of carbonyl (C=O) groups is 1. The van der Waals surface area contributed by atoms with Gasteiger partial charge in [-0.05, 0) is 37.8 Å². The minimum Gasteiger partial charge on any atom is -0.453 e. The first-order valence-electron chi connectivity index (χ1n) is 9.56. The standard InChI is InChI=1S/C20H27N3O2/c1-3-23-17-10-9-14-11-12-22(20(24)25-2)13-16(14)18(17)21-19(23)15-7-5-4-6-8-15/h9-10,15H,3-8,11-13H2,1-2H3.